The van der Waals surface area contributed by atoms with Crippen molar-refractivity contribution in [2.24, 2.45) is 0 Å². The number of methoxy groups -OCH3 is 1. The minimum Gasteiger partial charge on any atom is -0.394 e. The van der Waals surface area contributed by atoms with E-state index in [1.165, 1.54) is 7.11 Å². The van der Waals surface area contributed by atoms with E-state index in [9.17, 15) is 5.11 Å². The number of halogens is 3. The molecule has 0 bridgehead atoms. The lowest BCUT2D eigenvalue weighted by atomic mass is 9.98. The summed E-state index contributed by atoms with van der Waals surface area (Å²) >= 11 is 18.1. The Bertz CT molecular complexity index is 1030. The predicted molar refractivity (Wildman–Crippen MR) is 143 cm³/mol. The van der Waals surface area contributed by atoms with Crippen molar-refractivity contribution in [1.82, 2.24) is 0 Å². The van der Waals surface area contributed by atoms with Gasteiger partial charge in [0.05, 0.1) is 26.4 Å². The molecule has 4 rings (SSSR count). The summed E-state index contributed by atoms with van der Waals surface area (Å²) in [6, 6.07) is 22.2. The standard InChI is InChI=1S/C28H29Cl3O6/c1-33-28-27(36-17-20-6-12-23(31)13-7-20)26(35-16-19-4-10-22(30)11-5-19)25(24(14-32)37-28)34-15-18-2-8-21(29)9-3-18/h2-13,24-28,32H,14-17H2,1H3/t24-,25-,26+,27-,28+/m1/s1. The third kappa shape index (κ3) is 7.90. The summed E-state index contributed by atoms with van der Waals surface area (Å²) in [5, 5.41) is 12.1. The molecule has 1 heterocycles. The monoisotopic (exact) mass is 566 g/mol. The maximum absolute atomic E-state index is 10.2. The molecule has 0 amide bonds. The van der Waals surface area contributed by atoms with E-state index in [1.54, 1.807) is 24.3 Å². The highest BCUT2D eigenvalue weighted by Crippen LogP contribution is 2.31. The minimum absolute atomic E-state index is 0.268. The number of hydrogen-bond donors (Lipinski definition) is 1. The van der Waals surface area contributed by atoms with E-state index in [1.807, 2.05) is 48.5 Å². The summed E-state index contributed by atoms with van der Waals surface area (Å²) in [5.41, 5.74) is 2.78. The molecule has 0 aliphatic carbocycles. The van der Waals surface area contributed by atoms with Crippen LogP contribution in [-0.2, 0) is 43.5 Å². The number of benzene rings is 3. The van der Waals surface area contributed by atoms with Crippen LogP contribution in [0.2, 0.25) is 15.1 Å². The molecule has 0 saturated carbocycles. The highest BCUT2D eigenvalue weighted by atomic mass is 35.5. The third-order valence-electron chi connectivity index (χ3n) is 6.07. The van der Waals surface area contributed by atoms with Crippen molar-refractivity contribution in [3.63, 3.8) is 0 Å². The third-order valence-corrected chi connectivity index (χ3v) is 6.83. The van der Waals surface area contributed by atoms with Crippen molar-refractivity contribution < 1.29 is 28.8 Å². The first-order chi connectivity index (χ1) is 18.0. The van der Waals surface area contributed by atoms with Gasteiger partial charge in [-0.25, -0.2) is 0 Å². The van der Waals surface area contributed by atoms with Gasteiger partial charge in [0.2, 0.25) is 0 Å². The van der Waals surface area contributed by atoms with Crippen molar-refractivity contribution in [3.8, 4) is 0 Å². The van der Waals surface area contributed by atoms with Gasteiger partial charge in [-0.2, -0.15) is 0 Å². The van der Waals surface area contributed by atoms with Gasteiger partial charge in [0.25, 0.3) is 0 Å². The van der Waals surface area contributed by atoms with Crippen LogP contribution in [0.25, 0.3) is 0 Å². The van der Waals surface area contributed by atoms with E-state index in [2.05, 4.69) is 0 Å². The van der Waals surface area contributed by atoms with Crippen molar-refractivity contribution in [2.75, 3.05) is 13.7 Å². The number of rotatable bonds is 11. The molecule has 6 nitrogen and oxygen atoms in total. The van der Waals surface area contributed by atoms with Gasteiger partial charge in [0, 0.05) is 22.2 Å². The summed E-state index contributed by atoms with van der Waals surface area (Å²) in [6.07, 6.45) is -3.38. The topological polar surface area (TPSA) is 66.4 Å². The molecule has 1 aliphatic heterocycles. The molecule has 1 aliphatic rings. The van der Waals surface area contributed by atoms with E-state index in [-0.39, 0.29) is 26.4 Å². The largest absolute Gasteiger partial charge is 0.394 e. The molecule has 9 heteroatoms. The Morgan fingerprint density at radius 2 is 1.00 bits per heavy atom. The summed E-state index contributed by atoms with van der Waals surface area (Å²) in [5.74, 6) is 0. The molecular formula is C28H29Cl3O6. The Morgan fingerprint density at radius 1 is 0.622 bits per heavy atom. The van der Waals surface area contributed by atoms with Crippen LogP contribution in [-0.4, -0.2) is 49.5 Å². The van der Waals surface area contributed by atoms with Gasteiger partial charge in [0.1, 0.15) is 24.4 Å². The Labute approximate surface area is 231 Å². The summed E-state index contributed by atoms with van der Waals surface area (Å²) in [6.45, 7) is 0.539. The van der Waals surface area contributed by atoms with E-state index in [0.717, 1.165) is 16.7 Å². The summed E-state index contributed by atoms with van der Waals surface area (Å²) < 4.78 is 30.7. The van der Waals surface area contributed by atoms with Crippen LogP contribution in [0.5, 0.6) is 0 Å². The molecule has 5 atom stereocenters. The molecule has 0 aromatic heterocycles. The first-order valence-electron chi connectivity index (χ1n) is 11.8. The average molecular weight is 568 g/mol. The van der Waals surface area contributed by atoms with E-state index >= 15 is 0 Å². The molecule has 1 saturated heterocycles. The smallest absolute Gasteiger partial charge is 0.186 e. The normalized spacial score (nSPS) is 23.8. The lowest BCUT2D eigenvalue weighted by Gasteiger charge is -2.45. The second-order valence-corrected chi connectivity index (χ2v) is 9.98. The fourth-order valence-corrected chi connectivity index (χ4v) is 4.48. The first kappa shape index (κ1) is 28.3. The van der Waals surface area contributed by atoms with Crippen LogP contribution in [0.15, 0.2) is 72.8 Å². The lowest BCUT2D eigenvalue weighted by molar-refractivity contribution is -0.321. The SMILES string of the molecule is CO[C@H]1O[C@H](CO)[C@@H](OCc2ccc(Cl)cc2)[C@H](OCc2ccc(Cl)cc2)[C@H]1OCc1ccc(Cl)cc1. The predicted octanol–water partition coefficient (Wildman–Crippen LogP) is 6.07. The van der Waals surface area contributed by atoms with Gasteiger partial charge in [-0.15, -0.1) is 0 Å². The Morgan fingerprint density at radius 3 is 1.38 bits per heavy atom. The van der Waals surface area contributed by atoms with Gasteiger partial charge in [-0.1, -0.05) is 71.2 Å². The van der Waals surface area contributed by atoms with Crippen molar-refractivity contribution >= 4 is 34.8 Å². The van der Waals surface area contributed by atoms with Crippen LogP contribution in [0.1, 0.15) is 16.7 Å². The van der Waals surface area contributed by atoms with Gasteiger partial charge in [-0.3, -0.25) is 0 Å². The maximum atomic E-state index is 10.2. The Balaban J connectivity index is 1.57. The molecule has 0 radical (unpaired) electrons. The van der Waals surface area contributed by atoms with Gasteiger partial charge >= 0.3 is 0 Å². The van der Waals surface area contributed by atoms with Gasteiger partial charge in [-0.05, 0) is 53.1 Å². The number of hydrogen-bond acceptors (Lipinski definition) is 6. The van der Waals surface area contributed by atoms with E-state index in [4.69, 9.17) is 58.5 Å². The Kier molecular flexibility index (Phi) is 10.6. The van der Waals surface area contributed by atoms with Gasteiger partial charge in [0.15, 0.2) is 6.29 Å². The number of aliphatic hydroxyl groups excluding tert-OH is 1. The van der Waals surface area contributed by atoms with Crippen LogP contribution in [0, 0.1) is 0 Å². The minimum atomic E-state index is -0.782. The van der Waals surface area contributed by atoms with E-state index in [0.29, 0.717) is 15.1 Å². The van der Waals surface area contributed by atoms with Crippen molar-refractivity contribution in [3.05, 3.63) is 105 Å². The fraction of sp³-hybridized carbons (Fsp3) is 0.357. The van der Waals surface area contributed by atoms with Crippen LogP contribution in [0.4, 0.5) is 0 Å². The number of ether oxygens (including phenoxy) is 5. The molecule has 3 aromatic rings. The maximum Gasteiger partial charge on any atom is 0.186 e. The average Bonchev–Trinajstić information content (AvgIpc) is 2.92. The molecule has 198 valence electrons. The van der Waals surface area contributed by atoms with Crippen LogP contribution < -0.4 is 0 Å². The van der Waals surface area contributed by atoms with Crippen molar-refractivity contribution in [1.29, 1.82) is 0 Å². The molecule has 3 aromatic carbocycles. The van der Waals surface area contributed by atoms with Crippen LogP contribution >= 0.6 is 34.8 Å². The van der Waals surface area contributed by atoms with Crippen LogP contribution in [0.3, 0.4) is 0 Å². The highest BCUT2D eigenvalue weighted by molar-refractivity contribution is 6.31. The summed E-state index contributed by atoms with van der Waals surface area (Å²) in [4.78, 5) is 0. The van der Waals surface area contributed by atoms with Gasteiger partial charge < -0.3 is 28.8 Å². The fourth-order valence-electron chi connectivity index (χ4n) is 4.10. The molecule has 1 fully saturated rings. The summed E-state index contributed by atoms with van der Waals surface area (Å²) in [7, 11) is 1.53. The second-order valence-electron chi connectivity index (χ2n) is 8.67. The zero-order valence-electron chi connectivity index (χ0n) is 20.3. The van der Waals surface area contributed by atoms with E-state index < -0.39 is 30.7 Å². The quantitative estimate of drug-likeness (QED) is 0.304. The zero-order valence-corrected chi connectivity index (χ0v) is 22.5. The molecule has 1 N–H and O–H groups in total. The van der Waals surface area contributed by atoms with Crippen molar-refractivity contribution in [2.45, 2.75) is 50.5 Å². The highest BCUT2D eigenvalue weighted by Gasteiger charge is 2.48. The second kappa shape index (κ2) is 13.9. The number of aliphatic hydroxyl groups is 1. The molecule has 0 unspecified atom stereocenters. The lowest BCUT2D eigenvalue weighted by Crippen LogP contribution is -2.61. The molecule has 0 spiro atoms. The molecular weight excluding hydrogens is 539 g/mol. The first-order valence-corrected chi connectivity index (χ1v) is 13.0. The molecule has 37 heavy (non-hydrogen) atoms. The Hall–Kier alpha value is -1.71. The zero-order chi connectivity index (χ0) is 26.2.